The molecule has 0 aliphatic carbocycles. The first-order chi connectivity index (χ1) is 14.3. The number of piperazine rings is 1. The third-order valence-corrected chi connectivity index (χ3v) is 6.16. The zero-order valence-electron chi connectivity index (χ0n) is 17.7. The van der Waals surface area contributed by atoms with E-state index in [0.717, 1.165) is 45.7 Å². The van der Waals surface area contributed by atoms with Crippen molar-refractivity contribution in [1.82, 2.24) is 25.4 Å². The Morgan fingerprint density at radius 3 is 2.72 bits per heavy atom. The largest absolute Gasteiger partial charge is 0.314 e. The van der Waals surface area contributed by atoms with Gasteiger partial charge in [-0.15, -0.1) is 0 Å². The van der Waals surface area contributed by atoms with Crippen LogP contribution in [0.4, 0.5) is 0 Å². The van der Waals surface area contributed by atoms with Crippen molar-refractivity contribution in [3.63, 3.8) is 0 Å². The predicted octanol–water partition coefficient (Wildman–Crippen LogP) is 2.20. The number of nitrogens with zero attached hydrogens (tertiary/aromatic N) is 3. The molecule has 3 heterocycles. The van der Waals surface area contributed by atoms with Crippen molar-refractivity contribution < 1.29 is 0 Å². The average Bonchev–Trinajstić information content (AvgIpc) is 2.76. The van der Waals surface area contributed by atoms with Crippen LogP contribution < -0.4 is 10.6 Å². The van der Waals surface area contributed by atoms with Gasteiger partial charge in [0.2, 0.25) is 0 Å². The molecule has 0 spiro atoms. The number of fused-ring (bicyclic) bond motifs is 1. The van der Waals surface area contributed by atoms with Gasteiger partial charge in [-0.3, -0.25) is 9.88 Å². The Kier molecular flexibility index (Phi) is 7.28. The summed E-state index contributed by atoms with van der Waals surface area (Å²) in [5.41, 5.74) is 5.36. The number of hydrogen-bond acceptors (Lipinski definition) is 5. The first kappa shape index (κ1) is 20.5. The molecule has 0 saturated carbocycles. The number of rotatable bonds is 8. The van der Waals surface area contributed by atoms with E-state index in [9.17, 15) is 0 Å². The van der Waals surface area contributed by atoms with Gasteiger partial charge < -0.3 is 15.5 Å². The van der Waals surface area contributed by atoms with Gasteiger partial charge in [0.15, 0.2) is 0 Å². The molecule has 1 aromatic carbocycles. The van der Waals surface area contributed by atoms with E-state index in [2.05, 4.69) is 68.7 Å². The average molecular weight is 394 g/mol. The van der Waals surface area contributed by atoms with Gasteiger partial charge in [0.05, 0.1) is 5.69 Å². The highest BCUT2D eigenvalue weighted by Crippen LogP contribution is 2.17. The van der Waals surface area contributed by atoms with Crippen LogP contribution in [-0.2, 0) is 19.5 Å². The van der Waals surface area contributed by atoms with Crippen molar-refractivity contribution in [3.8, 4) is 0 Å². The van der Waals surface area contributed by atoms with Crippen LogP contribution in [0, 0.1) is 6.92 Å². The predicted molar refractivity (Wildman–Crippen MR) is 119 cm³/mol. The molecule has 2 aliphatic heterocycles. The minimum atomic E-state index is 0.509. The lowest BCUT2D eigenvalue weighted by molar-refractivity contribution is 0.192. The summed E-state index contributed by atoms with van der Waals surface area (Å²) >= 11 is 0. The van der Waals surface area contributed by atoms with E-state index in [1.165, 1.54) is 48.4 Å². The van der Waals surface area contributed by atoms with E-state index in [4.69, 9.17) is 0 Å². The van der Waals surface area contributed by atoms with Crippen LogP contribution in [-0.4, -0.2) is 66.6 Å². The molecule has 29 heavy (non-hydrogen) atoms. The molecular weight excluding hydrogens is 358 g/mol. The summed E-state index contributed by atoms with van der Waals surface area (Å²) in [6.07, 6.45) is 4.32. The highest BCUT2D eigenvalue weighted by atomic mass is 15.2. The van der Waals surface area contributed by atoms with Crippen molar-refractivity contribution in [1.29, 1.82) is 0 Å². The van der Waals surface area contributed by atoms with E-state index in [1.807, 2.05) is 6.20 Å². The van der Waals surface area contributed by atoms with Gasteiger partial charge in [0.1, 0.15) is 0 Å². The Labute approximate surface area is 175 Å². The van der Waals surface area contributed by atoms with Crippen LogP contribution in [0.3, 0.4) is 0 Å². The summed E-state index contributed by atoms with van der Waals surface area (Å²) in [6.45, 7) is 12.0. The fourth-order valence-corrected chi connectivity index (χ4v) is 4.47. The van der Waals surface area contributed by atoms with Crippen LogP contribution in [0.1, 0.15) is 28.8 Å². The molecule has 2 N–H and O–H groups in total. The summed E-state index contributed by atoms with van der Waals surface area (Å²) in [7, 11) is 0. The fourth-order valence-electron chi connectivity index (χ4n) is 4.47. The van der Waals surface area contributed by atoms with Crippen molar-refractivity contribution >= 4 is 0 Å². The number of benzene rings is 1. The summed E-state index contributed by atoms with van der Waals surface area (Å²) in [4.78, 5) is 9.86. The molecule has 1 fully saturated rings. The monoisotopic (exact) mass is 393 g/mol. The molecule has 0 radical (unpaired) electrons. The Hall–Kier alpha value is -1.79. The Balaban J connectivity index is 1.35. The second kappa shape index (κ2) is 10.3. The molecule has 1 saturated heterocycles. The normalized spacial score (nSPS) is 20.0. The molecule has 0 unspecified atom stereocenters. The van der Waals surface area contributed by atoms with E-state index in [0.29, 0.717) is 6.04 Å². The maximum absolute atomic E-state index is 4.66. The second-order valence-corrected chi connectivity index (χ2v) is 8.56. The summed E-state index contributed by atoms with van der Waals surface area (Å²) in [5.74, 6) is 0. The van der Waals surface area contributed by atoms with Crippen molar-refractivity contribution in [2.24, 2.45) is 0 Å². The third kappa shape index (κ3) is 6.09. The van der Waals surface area contributed by atoms with E-state index in [-0.39, 0.29) is 0 Å². The Bertz CT molecular complexity index is 754. The van der Waals surface area contributed by atoms with Gasteiger partial charge >= 0.3 is 0 Å². The zero-order valence-corrected chi connectivity index (χ0v) is 17.7. The number of hydrogen-bond donors (Lipinski definition) is 2. The summed E-state index contributed by atoms with van der Waals surface area (Å²) < 4.78 is 0. The van der Waals surface area contributed by atoms with Crippen molar-refractivity contribution in [3.05, 3.63) is 65.0 Å². The van der Waals surface area contributed by atoms with E-state index < -0.39 is 0 Å². The van der Waals surface area contributed by atoms with Gasteiger partial charge in [-0.25, -0.2) is 0 Å². The molecular formula is C24H35N5. The van der Waals surface area contributed by atoms with Gasteiger partial charge in [0.25, 0.3) is 0 Å². The fraction of sp³-hybridized carbons (Fsp3) is 0.542. The maximum atomic E-state index is 4.66. The summed E-state index contributed by atoms with van der Waals surface area (Å²) in [5, 5.41) is 7.20. The smallest absolute Gasteiger partial charge is 0.0544 e. The van der Waals surface area contributed by atoms with Crippen LogP contribution in [0.5, 0.6) is 0 Å². The van der Waals surface area contributed by atoms with Gasteiger partial charge in [0, 0.05) is 58.1 Å². The zero-order chi connectivity index (χ0) is 19.9. The molecule has 0 bridgehead atoms. The van der Waals surface area contributed by atoms with Gasteiger partial charge in [-0.2, -0.15) is 0 Å². The molecule has 1 aromatic heterocycles. The van der Waals surface area contributed by atoms with Crippen LogP contribution in [0.15, 0.2) is 42.6 Å². The minimum Gasteiger partial charge on any atom is -0.314 e. The SMILES string of the molecule is Cc1ccc(CN(CCCN2CCNCC2)C[C@H]2Cc3ccccc3CN2)nc1. The quantitative estimate of drug-likeness (QED) is 0.720. The van der Waals surface area contributed by atoms with Crippen LogP contribution in [0.25, 0.3) is 0 Å². The molecule has 5 nitrogen and oxygen atoms in total. The van der Waals surface area contributed by atoms with E-state index >= 15 is 0 Å². The molecule has 4 rings (SSSR count). The lowest BCUT2D eigenvalue weighted by atomic mass is 9.95. The first-order valence-electron chi connectivity index (χ1n) is 11.1. The lowest BCUT2D eigenvalue weighted by Crippen LogP contribution is -2.46. The molecule has 2 aromatic rings. The van der Waals surface area contributed by atoms with Gasteiger partial charge in [-0.05, 0) is 55.6 Å². The highest BCUT2D eigenvalue weighted by Gasteiger charge is 2.21. The lowest BCUT2D eigenvalue weighted by Gasteiger charge is -2.32. The molecule has 2 aliphatic rings. The molecule has 5 heteroatoms. The highest BCUT2D eigenvalue weighted by molar-refractivity contribution is 5.30. The Morgan fingerprint density at radius 2 is 1.93 bits per heavy atom. The first-order valence-corrected chi connectivity index (χ1v) is 11.1. The molecule has 156 valence electrons. The van der Waals surface area contributed by atoms with Crippen molar-refractivity contribution in [2.45, 2.75) is 38.9 Å². The van der Waals surface area contributed by atoms with Crippen molar-refractivity contribution in [2.75, 3.05) is 45.8 Å². The van der Waals surface area contributed by atoms with E-state index in [1.54, 1.807) is 0 Å². The second-order valence-electron chi connectivity index (χ2n) is 8.56. The van der Waals surface area contributed by atoms with Crippen LogP contribution in [0.2, 0.25) is 0 Å². The topological polar surface area (TPSA) is 43.4 Å². The third-order valence-electron chi connectivity index (χ3n) is 6.16. The number of aromatic nitrogens is 1. The molecule has 1 atom stereocenters. The standard InChI is InChI=1S/C24H35N5/c1-20-7-8-23(26-16-20)18-29(12-4-11-28-13-9-25-10-14-28)19-24-15-21-5-2-3-6-22(21)17-27-24/h2-3,5-8,16,24-25,27H,4,9-15,17-19H2,1H3/t24-/m1/s1. The van der Waals surface area contributed by atoms with Crippen LogP contribution >= 0.6 is 0 Å². The summed E-state index contributed by atoms with van der Waals surface area (Å²) in [6, 6.07) is 13.7. The maximum Gasteiger partial charge on any atom is 0.0544 e. The number of nitrogens with one attached hydrogen (secondary N) is 2. The minimum absolute atomic E-state index is 0.509. The molecule has 0 amide bonds. The number of aryl methyl sites for hydroxylation is 1. The Morgan fingerprint density at radius 1 is 1.10 bits per heavy atom. The number of pyridine rings is 1. The van der Waals surface area contributed by atoms with Gasteiger partial charge in [-0.1, -0.05) is 30.3 Å².